The third-order valence-corrected chi connectivity index (χ3v) is 3.75. The number of esters is 1. The summed E-state index contributed by atoms with van der Waals surface area (Å²) in [5.41, 5.74) is 0.763. The second-order valence-corrected chi connectivity index (χ2v) is 5.97. The maximum Gasteiger partial charge on any atom is 0.328 e. The summed E-state index contributed by atoms with van der Waals surface area (Å²) in [7, 11) is 1.56. The molecule has 7 nitrogen and oxygen atoms in total. The van der Waals surface area contributed by atoms with Crippen molar-refractivity contribution in [3.63, 3.8) is 0 Å². The van der Waals surface area contributed by atoms with E-state index < -0.39 is 36.2 Å². The van der Waals surface area contributed by atoms with Gasteiger partial charge < -0.3 is 20.1 Å². The lowest BCUT2D eigenvalue weighted by Gasteiger charge is -2.12. The van der Waals surface area contributed by atoms with Gasteiger partial charge in [0, 0.05) is 6.08 Å². The second-order valence-electron chi connectivity index (χ2n) is 5.97. The number of carbonyl (C=O) groups excluding carboxylic acids is 3. The van der Waals surface area contributed by atoms with E-state index >= 15 is 0 Å². The van der Waals surface area contributed by atoms with Crippen molar-refractivity contribution in [1.29, 1.82) is 0 Å². The molecule has 0 spiro atoms. The average Bonchev–Trinajstić information content (AvgIpc) is 2.72. The number of rotatable bonds is 8. The summed E-state index contributed by atoms with van der Waals surface area (Å²) in [4.78, 5) is 35.6. The Morgan fingerprint density at radius 2 is 1.79 bits per heavy atom. The number of methoxy groups -OCH3 is 1. The Labute approximate surface area is 167 Å². The lowest BCUT2D eigenvalue weighted by molar-refractivity contribution is -0.149. The normalized spacial score (nSPS) is 11.6. The Morgan fingerprint density at radius 3 is 2.45 bits per heavy atom. The van der Waals surface area contributed by atoms with Gasteiger partial charge in [0.1, 0.15) is 17.6 Å². The third-order valence-electron chi connectivity index (χ3n) is 3.75. The number of hydrogen-bond acceptors (Lipinski definition) is 5. The highest BCUT2D eigenvalue weighted by Crippen LogP contribution is 2.13. The summed E-state index contributed by atoms with van der Waals surface area (Å²) in [6.07, 6.45) is 2.85. The number of anilines is 1. The van der Waals surface area contributed by atoms with Crippen LogP contribution in [0.3, 0.4) is 0 Å². The summed E-state index contributed by atoms with van der Waals surface area (Å²) in [5, 5.41) is 4.73. The fourth-order valence-corrected chi connectivity index (χ4v) is 2.22. The van der Waals surface area contributed by atoms with Crippen LogP contribution in [0.4, 0.5) is 10.1 Å². The lowest BCUT2D eigenvalue weighted by atomic mass is 10.2. The van der Waals surface area contributed by atoms with Gasteiger partial charge in [-0.1, -0.05) is 24.3 Å². The van der Waals surface area contributed by atoms with Crippen LogP contribution in [0.2, 0.25) is 0 Å². The molecule has 0 saturated carbocycles. The molecule has 0 aliphatic heterocycles. The minimum absolute atomic E-state index is 0.0152. The first-order valence-electron chi connectivity index (χ1n) is 8.72. The zero-order chi connectivity index (χ0) is 21.2. The fraction of sp³-hybridized carbons (Fsp3) is 0.190. The Morgan fingerprint density at radius 1 is 1.10 bits per heavy atom. The molecular weight excluding hydrogens is 379 g/mol. The highest BCUT2D eigenvalue weighted by molar-refractivity contribution is 5.96. The maximum atomic E-state index is 13.5. The van der Waals surface area contributed by atoms with E-state index in [-0.39, 0.29) is 5.69 Å². The molecule has 29 heavy (non-hydrogen) atoms. The first kappa shape index (κ1) is 21.6. The van der Waals surface area contributed by atoms with Gasteiger partial charge in [-0.25, -0.2) is 9.18 Å². The zero-order valence-electron chi connectivity index (χ0n) is 16.0. The van der Waals surface area contributed by atoms with Gasteiger partial charge >= 0.3 is 5.97 Å². The summed E-state index contributed by atoms with van der Waals surface area (Å²) in [6.45, 7) is 0.825. The summed E-state index contributed by atoms with van der Waals surface area (Å²) < 4.78 is 23.4. The SMILES string of the molecule is COc1ccc(/C=C/C(=O)N[C@@H](C)C(=O)OCC(=O)Nc2ccccc2F)cc1. The minimum Gasteiger partial charge on any atom is -0.497 e. The number of ether oxygens (including phenoxy) is 2. The van der Waals surface area contributed by atoms with E-state index in [0.29, 0.717) is 5.75 Å². The second kappa shape index (κ2) is 10.6. The van der Waals surface area contributed by atoms with Crippen LogP contribution in [0.5, 0.6) is 5.75 Å². The van der Waals surface area contributed by atoms with Gasteiger partial charge in [0.25, 0.3) is 5.91 Å². The molecule has 2 aromatic rings. The molecule has 0 radical (unpaired) electrons. The highest BCUT2D eigenvalue weighted by Gasteiger charge is 2.17. The van der Waals surface area contributed by atoms with Crippen LogP contribution in [0.15, 0.2) is 54.6 Å². The van der Waals surface area contributed by atoms with E-state index in [4.69, 9.17) is 9.47 Å². The molecule has 0 aliphatic carbocycles. The monoisotopic (exact) mass is 400 g/mol. The zero-order valence-corrected chi connectivity index (χ0v) is 16.0. The molecular formula is C21H21FN2O5. The van der Waals surface area contributed by atoms with Crippen LogP contribution in [-0.2, 0) is 19.1 Å². The molecule has 2 aromatic carbocycles. The minimum atomic E-state index is -0.968. The van der Waals surface area contributed by atoms with Gasteiger partial charge in [0.05, 0.1) is 12.8 Å². The number of benzene rings is 2. The molecule has 2 N–H and O–H groups in total. The molecule has 1 atom stereocenters. The predicted octanol–water partition coefficient (Wildman–Crippen LogP) is 2.53. The molecule has 0 saturated heterocycles. The van der Waals surface area contributed by atoms with E-state index in [0.717, 1.165) is 5.56 Å². The Balaban J connectivity index is 1.77. The smallest absolute Gasteiger partial charge is 0.328 e. The first-order valence-corrected chi connectivity index (χ1v) is 8.72. The van der Waals surface area contributed by atoms with E-state index in [1.54, 1.807) is 43.5 Å². The van der Waals surface area contributed by atoms with Crippen LogP contribution >= 0.6 is 0 Å². The number of amides is 2. The van der Waals surface area contributed by atoms with Crippen LogP contribution < -0.4 is 15.4 Å². The van der Waals surface area contributed by atoms with Crippen LogP contribution in [0, 0.1) is 5.82 Å². The topological polar surface area (TPSA) is 93.7 Å². The maximum absolute atomic E-state index is 13.5. The summed E-state index contributed by atoms with van der Waals surface area (Å²) in [6, 6.07) is 11.7. The average molecular weight is 400 g/mol. The van der Waals surface area contributed by atoms with Gasteiger partial charge in [-0.3, -0.25) is 9.59 Å². The molecule has 0 aliphatic rings. The van der Waals surface area contributed by atoms with Gasteiger partial charge in [-0.05, 0) is 42.8 Å². The van der Waals surface area contributed by atoms with E-state index in [1.807, 2.05) is 0 Å². The molecule has 0 bridgehead atoms. The Kier molecular flexibility index (Phi) is 7.90. The van der Waals surface area contributed by atoms with E-state index in [9.17, 15) is 18.8 Å². The van der Waals surface area contributed by atoms with Crippen molar-refractivity contribution < 1.29 is 28.2 Å². The fourth-order valence-electron chi connectivity index (χ4n) is 2.22. The number of halogens is 1. The van der Waals surface area contributed by atoms with Gasteiger partial charge in [-0.2, -0.15) is 0 Å². The molecule has 152 valence electrons. The van der Waals surface area contributed by atoms with E-state index in [1.165, 1.54) is 31.2 Å². The quantitative estimate of drug-likeness (QED) is 0.525. The van der Waals surface area contributed by atoms with Crippen molar-refractivity contribution in [2.75, 3.05) is 19.0 Å². The van der Waals surface area contributed by atoms with Crippen molar-refractivity contribution >= 4 is 29.5 Å². The van der Waals surface area contributed by atoms with Crippen molar-refractivity contribution in [3.8, 4) is 5.75 Å². The number of nitrogens with one attached hydrogen (secondary N) is 2. The molecule has 2 amide bonds. The predicted molar refractivity (Wildman–Crippen MR) is 106 cm³/mol. The van der Waals surface area contributed by atoms with Crippen molar-refractivity contribution in [3.05, 3.63) is 66.0 Å². The lowest BCUT2D eigenvalue weighted by Crippen LogP contribution is -2.39. The standard InChI is InChI=1S/C21H21FN2O5/c1-14(23-19(25)12-9-15-7-10-16(28-2)11-8-15)21(27)29-13-20(26)24-18-6-4-3-5-17(18)22/h3-12,14H,13H2,1-2H3,(H,23,25)(H,24,26)/b12-9+/t14-/m0/s1. The first-order chi connectivity index (χ1) is 13.9. The molecule has 8 heteroatoms. The molecule has 0 unspecified atom stereocenters. The van der Waals surface area contributed by atoms with Gasteiger partial charge in [0.15, 0.2) is 6.61 Å². The van der Waals surface area contributed by atoms with Gasteiger partial charge in [-0.15, -0.1) is 0 Å². The van der Waals surface area contributed by atoms with Crippen molar-refractivity contribution in [2.24, 2.45) is 0 Å². The van der Waals surface area contributed by atoms with Crippen LogP contribution in [0.1, 0.15) is 12.5 Å². The van der Waals surface area contributed by atoms with Crippen molar-refractivity contribution in [2.45, 2.75) is 13.0 Å². The third kappa shape index (κ3) is 7.10. The van der Waals surface area contributed by atoms with Gasteiger partial charge in [0.2, 0.25) is 5.91 Å². The van der Waals surface area contributed by atoms with Crippen LogP contribution in [-0.4, -0.2) is 37.5 Å². The Hall–Kier alpha value is -3.68. The Bertz CT molecular complexity index is 896. The van der Waals surface area contributed by atoms with E-state index in [2.05, 4.69) is 10.6 Å². The molecule has 2 rings (SSSR count). The molecule has 0 fully saturated rings. The molecule has 0 aromatic heterocycles. The number of carbonyl (C=O) groups is 3. The highest BCUT2D eigenvalue weighted by atomic mass is 19.1. The largest absolute Gasteiger partial charge is 0.497 e. The number of para-hydroxylation sites is 1. The summed E-state index contributed by atoms with van der Waals surface area (Å²) >= 11 is 0. The van der Waals surface area contributed by atoms with Crippen LogP contribution in [0.25, 0.3) is 6.08 Å². The molecule has 0 heterocycles. The van der Waals surface area contributed by atoms with Crippen molar-refractivity contribution in [1.82, 2.24) is 5.32 Å². The number of hydrogen-bond donors (Lipinski definition) is 2. The summed E-state index contributed by atoms with van der Waals surface area (Å²) in [5.74, 6) is -1.89.